The van der Waals surface area contributed by atoms with Gasteiger partial charge in [-0.2, -0.15) is 0 Å². The summed E-state index contributed by atoms with van der Waals surface area (Å²) in [4.78, 5) is 24.5. The van der Waals surface area contributed by atoms with Crippen LogP contribution in [-0.4, -0.2) is 49.3 Å². The van der Waals surface area contributed by atoms with Gasteiger partial charge in [0, 0.05) is 12.3 Å². The number of aromatic amines is 1. The minimum atomic E-state index is -1.75. The van der Waals surface area contributed by atoms with E-state index in [1.807, 2.05) is 4.98 Å². The van der Waals surface area contributed by atoms with Crippen LogP contribution in [0.5, 0.6) is 0 Å². The van der Waals surface area contributed by atoms with Gasteiger partial charge in [-0.25, -0.2) is 4.79 Å². The minimum absolute atomic E-state index is 0.494. The van der Waals surface area contributed by atoms with E-state index < -0.39 is 41.9 Å². The summed E-state index contributed by atoms with van der Waals surface area (Å²) >= 11 is 0. The molecule has 0 aromatic carbocycles. The van der Waals surface area contributed by atoms with Crippen molar-refractivity contribution < 1.29 is 20.1 Å². The molecular formula is C10H14N2O6. The topological polar surface area (TPSA) is 125 Å². The van der Waals surface area contributed by atoms with Gasteiger partial charge in [0.1, 0.15) is 17.8 Å². The Hall–Kier alpha value is -1.48. The molecule has 1 fully saturated rings. The molecular weight excluding hydrogens is 244 g/mol. The highest BCUT2D eigenvalue weighted by Crippen LogP contribution is 2.36. The van der Waals surface area contributed by atoms with Gasteiger partial charge >= 0.3 is 5.69 Å². The van der Waals surface area contributed by atoms with Crippen molar-refractivity contribution in [3.63, 3.8) is 0 Å². The number of nitrogens with zero attached hydrogens (tertiary/aromatic N) is 1. The van der Waals surface area contributed by atoms with Crippen molar-refractivity contribution in [3.8, 4) is 0 Å². The average Bonchev–Trinajstić information content (AvgIpc) is 2.52. The van der Waals surface area contributed by atoms with Crippen molar-refractivity contribution in [1.82, 2.24) is 9.55 Å². The summed E-state index contributed by atoms with van der Waals surface area (Å²) < 4.78 is 6.19. The van der Waals surface area contributed by atoms with Gasteiger partial charge < -0.3 is 20.1 Å². The molecule has 0 spiro atoms. The summed E-state index contributed by atoms with van der Waals surface area (Å²) in [5.74, 6) is 0. The number of H-pyrrole nitrogens is 1. The largest absolute Gasteiger partial charge is 0.394 e. The average molecular weight is 258 g/mol. The molecule has 1 aromatic rings. The lowest BCUT2D eigenvalue weighted by Gasteiger charge is -2.27. The van der Waals surface area contributed by atoms with E-state index in [1.165, 1.54) is 6.92 Å². The van der Waals surface area contributed by atoms with Crippen molar-refractivity contribution in [1.29, 1.82) is 0 Å². The zero-order valence-corrected chi connectivity index (χ0v) is 9.61. The predicted molar refractivity (Wildman–Crippen MR) is 58.9 cm³/mol. The van der Waals surface area contributed by atoms with Crippen molar-refractivity contribution in [2.45, 2.75) is 31.0 Å². The van der Waals surface area contributed by atoms with E-state index in [0.29, 0.717) is 0 Å². The Bertz CT molecular complexity index is 548. The molecule has 0 aliphatic carbocycles. The van der Waals surface area contributed by atoms with Crippen LogP contribution in [0, 0.1) is 0 Å². The lowest BCUT2D eigenvalue weighted by molar-refractivity contribution is -0.0987. The highest BCUT2D eigenvalue weighted by Gasteiger charge is 2.53. The number of rotatable bonds is 2. The number of hydrogen-bond acceptors (Lipinski definition) is 6. The number of hydrogen-bond donors (Lipinski definition) is 4. The van der Waals surface area contributed by atoms with Crippen LogP contribution in [0.2, 0.25) is 0 Å². The summed E-state index contributed by atoms with van der Waals surface area (Å²) in [5, 5.41) is 28.9. The monoisotopic (exact) mass is 258 g/mol. The fourth-order valence-electron chi connectivity index (χ4n) is 2.00. The van der Waals surface area contributed by atoms with Gasteiger partial charge in [0.05, 0.1) is 6.61 Å². The lowest BCUT2D eigenvalue weighted by atomic mass is 9.96. The van der Waals surface area contributed by atoms with Crippen LogP contribution in [0.25, 0.3) is 0 Å². The predicted octanol–water partition coefficient (Wildman–Crippen LogP) is -2.46. The lowest BCUT2D eigenvalue weighted by Crippen LogP contribution is -2.46. The van der Waals surface area contributed by atoms with Gasteiger partial charge in [0.15, 0.2) is 6.23 Å². The summed E-state index contributed by atoms with van der Waals surface area (Å²) in [7, 11) is 0. The summed E-state index contributed by atoms with van der Waals surface area (Å²) in [6, 6.07) is 1.10. The van der Waals surface area contributed by atoms with E-state index in [-0.39, 0.29) is 0 Å². The normalized spacial score (nSPS) is 35.9. The third-order valence-electron chi connectivity index (χ3n) is 3.04. The first-order valence-electron chi connectivity index (χ1n) is 5.36. The van der Waals surface area contributed by atoms with E-state index >= 15 is 0 Å². The van der Waals surface area contributed by atoms with Crippen molar-refractivity contribution in [3.05, 3.63) is 33.1 Å². The molecule has 2 heterocycles. The van der Waals surface area contributed by atoms with Crippen molar-refractivity contribution in [2.75, 3.05) is 6.61 Å². The van der Waals surface area contributed by atoms with Gasteiger partial charge in [-0.1, -0.05) is 0 Å². The third kappa shape index (κ3) is 1.89. The van der Waals surface area contributed by atoms with Gasteiger partial charge in [0.2, 0.25) is 0 Å². The highest BCUT2D eigenvalue weighted by molar-refractivity contribution is 5.00. The molecule has 1 unspecified atom stereocenters. The Morgan fingerprint density at radius 2 is 2.22 bits per heavy atom. The smallest absolute Gasteiger partial charge is 0.330 e. The van der Waals surface area contributed by atoms with E-state index in [2.05, 4.69) is 0 Å². The zero-order chi connectivity index (χ0) is 13.5. The summed E-state index contributed by atoms with van der Waals surface area (Å²) in [5.41, 5.74) is -3.10. The van der Waals surface area contributed by atoms with Crippen LogP contribution in [0.3, 0.4) is 0 Å². The first kappa shape index (κ1) is 13.0. The molecule has 1 saturated heterocycles. The van der Waals surface area contributed by atoms with Crippen LogP contribution >= 0.6 is 0 Å². The molecule has 18 heavy (non-hydrogen) atoms. The van der Waals surface area contributed by atoms with E-state index in [4.69, 9.17) is 9.84 Å². The van der Waals surface area contributed by atoms with Gasteiger partial charge in [-0.3, -0.25) is 14.3 Å². The molecule has 0 bridgehead atoms. The summed E-state index contributed by atoms with van der Waals surface area (Å²) in [6.45, 7) is 0.793. The van der Waals surface area contributed by atoms with Crippen LogP contribution in [-0.2, 0) is 4.74 Å². The zero-order valence-electron chi connectivity index (χ0n) is 9.61. The molecule has 100 valence electrons. The molecule has 4 atom stereocenters. The molecule has 0 saturated carbocycles. The molecule has 1 aromatic heterocycles. The molecule has 8 nitrogen and oxygen atoms in total. The summed E-state index contributed by atoms with van der Waals surface area (Å²) in [6.07, 6.45) is -2.36. The molecule has 1 aliphatic rings. The van der Waals surface area contributed by atoms with Crippen LogP contribution < -0.4 is 11.2 Å². The van der Waals surface area contributed by atoms with E-state index in [9.17, 15) is 19.8 Å². The number of aliphatic hydroxyl groups is 3. The van der Waals surface area contributed by atoms with Gasteiger partial charge in [-0.15, -0.1) is 0 Å². The Kier molecular flexibility index (Phi) is 3.11. The van der Waals surface area contributed by atoms with Crippen LogP contribution in [0.15, 0.2) is 21.9 Å². The number of nitrogens with one attached hydrogen (secondary N) is 1. The molecule has 2 rings (SSSR count). The maximum Gasteiger partial charge on any atom is 0.330 e. The Labute approximate surface area is 101 Å². The molecule has 1 aliphatic heterocycles. The van der Waals surface area contributed by atoms with E-state index in [0.717, 1.165) is 16.8 Å². The highest BCUT2D eigenvalue weighted by atomic mass is 16.6. The molecule has 0 radical (unpaired) electrons. The maximum atomic E-state index is 11.6. The Balaban J connectivity index is 2.45. The Morgan fingerprint density at radius 1 is 1.56 bits per heavy atom. The fraction of sp³-hybridized carbons (Fsp3) is 0.600. The van der Waals surface area contributed by atoms with Gasteiger partial charge in [0.25, 0.3) is 5.56 Å². The standard InChI is InChI=1S/C10H14N2O6/c1-10(17)7(15)5(4-13)18-8(10)12-3-2-6(14)11-9(12)16/h2-3,5,7-8,13,15,17H,4H2,1H3,(H,11,14,16)/t5-,7-,8-,10?/m1/s1. The third-order valence-corrected chi connectivity index (χ3v) is 3.04. The first-order chi connectivity index (χ1) is 8.37. The number of aromatic nitrogens is 2. The van der Waals surface area contributed by atoms with Crippen LogP contribution in [0.1, 0.15) is 13.2 Å². The maximum absolute atomic E-state index is 11.6. The molecule has 0 amide bonds. The van der Waals surface area contributed by atoms with E-state index in [1.54, 1.807) is 0 Å². The quantitative estimate of drug-likeness (QED) is 0.466. The Morgan fingerprint density at radius 3 is 2.72 bits per heavy atom. The van der Waals surface area contributed by atoms with Crippen molar-refractivity contribution in [2.24, 2.45) is 0 Å². The van der Waals surface area contributed by atoms with Crippen molar-refractivity contribution >= 4 is 0 Å². The molecule has 8 heteroatoms. The second-order valence-electron chi connectivity index (χ2n) is 4.40. The fourth-order valence-corrected chi connectivity index (χ4v) is 2.00. The molecule has 4 N–H and O–H groups in total. The second-order valence-corrected chi connectivity index (χ2v) is 4.40. The second kappa shape index (κ2) is 4.32. The van der Waals surface area contributed by atoms with Gasteiger partial charge in [-0.05, 0) is 6.92 Å². The minimum Gasteiger partial charge on any atom is -0.394 e. The number of ether oxygens (including phenoxy) is 1. The first-order valence-corrected chi connectivity index (χ1v) is 5.36. The SMILES string of the molecule is CC1(O)[C@H](O)[C@@H](CO)O[C@H]1n1ccc(=O)[nH]c1=O. The van der Waals surface area contributed by atoms with Crippen LogP contribution in [0.4, 0.5) is 0 Å². The number of aliphatic hydroxyl groups excluding tert-OH is 2.